The molecule has 9 heteroatoms. The minimum atomic E-state index is -3.76. The zero-order valence-corrected chi connectivity index (χ0v) is 16.9. The molecular weight excluding hydrogens is 440 g/mol. The molecule has 0 spiro atoms. The Hall–Kier alpha value is -2.26. The van der Waals surface area contributed by atoms with E-state index in [0.29, 0.717) is 16.7 Å². The third-order valence-corrected chi connectivity index (χ3v) is 6.67. The summed E-state index contributed by atoms with van der Waals surface area (Å²) < 4.78 is 54.1. The molecule has 27 heavy (non-hydrogen) atoms. The molecule has 1 heterocycles. The van der Waals surface area contributed by atoms with Crippen LogP contribution in [0.25, 0.3) is 16.6 Å². The summed E-state index contributed by atoms with van der Waals surface area (Å²) in [6, 6.07) is 7.89. The van der Waals surface area contributed by atoms with Gasteiger partial charge in [-0.05, 0) is 60.3 Å². The SMILES string of the molecule is CC(C)S(=O)(=O)n1c(N)nc2ccc(C(=CBr)c3cc(F)ccc3F)cc21. The van der Waals surface area contributed by atoms with Crippen LogP contribution in [-0.2, 0) is 10.0 Å². The largest absolute Gasteiger partial charge is 0.368 e. The molecule has 0 saturated carbocycles. The van der Waals surface area contributed by atoms with Crippen LogP contribution < -0.4 is 5.73 Å². The standard InChI is InChI=1S/C18H16BrF2N3O2S/c1-10(2)27(25,26)24-17-7-11(3-6-16(17)23-18(24)22)14(9-19)13-8-12(20)4-5-15(13)21/h3-10H,1-2H3,(H2,22,23). The van der Waals surface area contributed by atoms with Crippen LogP contribution in [0.2, 0.25) is 0 Å². The van der Waals surface area contributed by atoms with Gasteiger partial charge in [0, 0.05) is 5.56 Å². The van der Waals surface area contributed by atoms with Crippen molar-refractivity contribution in [2.24, 2.45) is 0 Å². The molecule has 0 unspecified atom stereocenters. The fourth-order valence-corrected chi connectivity index (χ4v) is 4.35. The molecule has 3 aromatic rings. The summed E-state index contributed by atoms with van der Waals surface area (Å²) in [4.78, 5) is 5.54. The molecule has 0 saturated heterocycles. The molecule has 0 aliphatic carbocycles. The molecule has 0 aliphatic heterocycles. The first kappa shape index (κ1) is 19.5. The van der Waals surface area contributed by atoms with E-state index in [0.717, 1.165) is 22.2 Å². The Morgan fingerprint density at radius 3 is 2.56 bits per heavy atom. The monoisotopic (exact) mass is 455 g/mol. The maximum Gasteiger partial charge on any atom is 0.244 e. The minimum absolute atomic E-state index is 0.0389. The van der Waals surface area contributed by atoms with Gasteiger partial charge in [0.2, 0.25) is 16.0 Å². The lowest BCUT2D eigenvalue weighted by molar-refractivity contribution is 0.580. The molecule has 5 nitrogen and oxygen atoms in total. The van der Waals surface area contributed by atoms with Gasteiger partial charge in [-0.1, -0.05) is 22.0 Å². The van der Waals surface area contributed by atoms with Gasteiger partial charge < -0.3 is 5.73 Å². The number of nitrogen functional groups attached to an aromatic ring is 1. The zero-order valence-electron chi connectivity index (χ0n) is 14.4. The molecule has 3 rings (SSSR count). The quantitative estimate of drug-likeness (QED) is 0.636. The van der Waals surface area contributed by atoms with Crippen molar-refractivity contribution in [1.29, 1.82) is 0 Å². The summed E-state index contributed by atoms with van der Waals surface area (Å²) in [6.07, 6.45) is 0. The van der Waals surface area contributed by atoms with E-state index in [-0.39, 0.29) is 17.0 Å². The van der Waals surface area contributed by atoms with E-state index < -0.39 is 26.9 Å². The Labute approximate surface area is 163 Å². The summed E-state index contributed by atoms with van der Waals surface area (Å²) >= 11 is 3.18. The molecule has 0 atom stereocenters. The lowest BCUT2D eigenvalue weighted by Gasteiger charge is -2.13. The number of imidazole rings is 1. The van der Waals surface area contributed by atoms with Crippen molar-refractivity contribution in [3.63, 3.8) is 0 Å². The van der Waals surface area contributed by atoms with Gasteiger partial charge in [0.1, 0.15) is 11.6 Å². The molecule has 0 fully saturated rings. The first-order valence-electron chi connectivity index (χ1n) is 7.95. The second-order valence-corrected chi connectivity index (χ2v) is 8.97. The lowest BCUT2D eigenvalue weighted by Crippen LogP contribution is -2.23. The van der Waals surface area contributed by atoms with Crippen LogP contribution in [0, 0.1) is 11.6 Å². The number of nitrogens with two attached hydrogens (primary N) is 1. The summed E-state index contributed by atoms with van der Waals surface area (Å²) in [5.41, 5.74) is 7.34. The average Bonchev–Trinajstić information content (AvgIpc) is 2.94. The lowest BCUT2D eigenvalue weighted by atomic mass is 9.98. The molecule has 0 aliphatic rings. The number of rotatable bonds is 4. The third-order valence-electron chi connectivity index (χ3n) is 4.13. The maximum atomic E-state index is 14.2. The molecule has 2 N–H and O–H groups in total. The topological polar surface area (TPSA) is 78.0 Å². The van der Waals surface area contributed by atoms with Crippen molar-refractivity contribution in [1.82, 2.24) is 8.96 Å². The predicted octanol–water partition coefficient (Wildman–Crippen LogP) is 4.27. The maximum absolute atomic E-state index is 14.2. The molecular formula is C18H16BrF2N3O2S. The highest BCUT2D eigenvalue weighted by Crippen LogP contribution is 2.31. The number of halogens is 3. The first-order chi connectivity index (χ1) is 12.7. The van der Waals surface area contributed by atoms with Crippen LogP contribution in [0.1, 0.15) is 25.0 Å². The summed E-state index contributed by atoms with van der Waals surface area (Å²) in [7, 11) is -3.76. The van der Waals surface area contributed by atoms with Crippen LogP contribution in [-0.4, -0.2) is 22.6 Å². The average molecular weight is 456 g/mol. The predicted molar refractivity (Wildman–Crippen MR) is 106 cm³/mol. The van der Waals surface area contributed by atoms with E-state index >= 15 is 0 Å². The number of aromatic nitrogens is 2. The van der Waals surface area contributed by atoms with Gasteiger partial charge in [-0.3, -0.25) is 0 Å². The summed E-state index contributed by atoms with van der Waals surface area (Å²) in [5, 5.41) is -0.715. The highest BCUT2D eigenvalue weighted by molar-refractivity contribution is 9.11. The smallest absolute Gasteiger partial charge is 0.244 e. The molecule has 2 aromatic carbocycles. The number of hydrogen-bond donors (Lipinski definition) is 1. The number of hydrogen-bond acceptors (Lipinski definition) is 4. The van der Waals surface area contributed by atoms with Crippen LogP contribution in [0.4, 0.5) is 14.7 Å². The fourth-order valence-electron chi connectivity index (χ4n) is 2.70. The highest BCUT2D eigenvalue weighted by atomic mass is 79.9. The number of fused-ring (bicyclic) bond motifs is 1. The van der Waals surface area contributed by atoms with Crippen molar-refractivity contribution < 1.29 is 17.2 Å². The molecule has 0 radical (unpaired) electrons. The molecule has 0 amide bonds. The van der Waals surface area contributed by atoms with E-state index in [4.69, 9.17) is 5.73 Å². The van der Waals surface area contributed by atoms with Crippen molar-refractivity contribution in [2.45, 2.75) is 19.1 Å². The second-order valence-electron chi connectivity index (χ2n) is 6.18. The van der Waals surface area contributed by atoms with Gasteiger partial charge in [-0.15, -0.1) is 0 Å². The number of benzene rings is 2. The fraction of sp³-hybridized carbons (Fsp3) is 0.167. The Morgan fingerprint density at radius 2 is 1.93 bits per heavy atom. The molecule has 1 aromatic heterocycles. The summed E-state index contributed by atoms with van der Waals surface area (Å²) in [6.45, 7) is 3.08. The van der Waals surface area contributed by atoms with Gasteiger partial charge >= 0.3 is 0 Å². The van der Waals surface area contributed by atoms with Crippen LogP contribution in [0.5, 0.6) is 0 Å². The van der Waals surface area contributed by atoms with Gasteiger partial charge in [0.05, 0.1) is 16.3 Å². The van der Waals surface area contributed by atoms with Crippen molar-refractivity contribution >= 4 is 48.5 Å². The van der Waals surface area contributed by atoms with Crippen molar-refractivity contribution in [2.75, 3.05) is 5.73 Å². The molecule has 0 bridgehead atoms. The van der Waals surface area contributed by atoms with Crippen molar-refractivity contribution in [3.8, 4) is 0 Å². The normalized spacial score (nSPS) is 12.9. The minimum Gasteiger partial charge on any atom is -0.368 e. The van der Waals surface area contributed by atoms with E-state index in [1.54, 1.807) is 12.1 Å². The van der Waals surface area contributed by atoms with Crippen molar-refractivity contribution in [3.05, 3.63) is 64.1 Å². The van der Waals surface area contributed by atoms with Gasteiger partial charge in [-0.2, -0.15) is 0 Å². The third kappa shape index (κ3) is 3.37. The number of nitrogens with zero attached hydrogens (tertiary/aromatic N) is 2. The first-order valence-corrected chi connectivity index (χ1v) is 10.4. The van der Waals surface area contributed by atoms with Crippen LogP contribution in [0.15, 0.2) is 41.4 Å². The van der Waals surface area contributed by atoms with Crippen LogP contribution >= 0.6 is 15.9 Å². The van der Waals surface area contributed by atoms with E-state index in [1.807, 2.05) is 0 Å². The van der Waals surface area contributed by atoms with Crippen LogP contribution in [0.3, 0.4) is 0 Å². The Morgan fingerprint density at radius 1 is 1.22 bits per heavy atom. The number of anilines is 1. The van der Waals surface area contributed by atoms with E-state index in [9.17, 15) is 17.2 Å². The van der Waals surface area contributed by atoms with Gasteiger partial charge in [0.25, 0.3) is 0 Å². The van der Waals surface area contributed by atoms with Gasteiger partial charge in [-0.25, -0.2) is 26.2 Å². The van der Waals surface area contributed by atoms with E-state index in [2.05, 4.69) is 20.9 Å². The Kier molecular flexibility index (Phi) is 5.09. The van der Waals surface area contributed by atoms with Gasteiger partial charge in [0.15, 0.2) is 0 Å². The Balaban J connectivity index is 2.26. The zero-order chi connectivity index (χ0) is 19.9. The Bertz CT molecular complexity index is 1170. The second kappa shape index (κ2) is 7.05. The van der Waals surface area contributed by atoms with E-state index in [1.165, 1.54) is 24.9 Å². The summed E-state index contributed by atoms with van der Waals surface area (Å²) in [5.74, 6) is -1.35. The molecule has 142 valence electrons. The highest BCUT2D eigenvalue weighted by Gasteiger charge is 2.25.